The Morgan fingerprint density at radius 2 is 2.06 bits per heavy atom. The van der Waals surface area contributed by atoms with Gasteiger partial charge in [0.2, 0.25) is 5.91 Å². The van der Waals surface area contributed by atoms with Gasteiger partial charge in [0.15, 0.2) is 0 Å². The van der Waals surface area contributed by atoms with Crippen LogP contribution in [0.5, 0.6) is 0 Å². The lowest BCUT2D eigenvalue weighted by Crippen LogP contribution is -2.35. The van der Waals surface area contributed by atoms with Gasteiger partial charge in [-0.15, -0.1) is 22.7 Å². The molecular formula is C25H34N4OS2. The molecule has 0 saturated heterocycles. The SMILES string of the molecule is CCC(C)NCCC(=O)Nc1sc2c(c1-c1nc3cc(C)ccc3s1)CCN(C(C)C)C2. The Labute approximate surface area is 199 Å². The van der Waals surface area contributed by atoms with E-state index in [9.17, 15) is 4.79 Å². The van der Waals surface area contributed by atoms with E-state index in [0.29, 0.717) is 25.0 Å². The van der Waals surface area contributed by atoms with E-state index in [0.717, 1.165) is 47.0 Å². The second-order valence-corrected chi connectivity index (χ2v) is 11.2. The zero-order chi connectivity index (χ0) is 22.8. The Kier molecular flexibility index (Phi) is 7.30. The van der Waals surface area contributed by atoms with Gasteiger partial charge in [-0.25, -0.2) is 4.98 Å². The summed E-state index contributed by atoms with van der Waals surface area (Å²) in [5, 5.41) is 8.64. The second-order valence-electron chi connectivity index (χ2n) is 9.07. The van der Waals surface area contributed by atoms with Crippen molar-refractivity contribution < 1.29 is 4.79 Å². The molecular weight excluding hydrogens is 436 g/mol. The summed E-state index contributed by atoms with van der Waals surface area (Å²) in [6.07, 6.45) is 2.54. The van der Waals surface area contributed by atoms with E-state index >= 15 is 0 Å². The lowest BCUT2D eigenvalue weighted by molar-refractivity contribution is -0.116. The smallest absolute Gasteiger partial charge is 0.226 e. The van der Waals surface area contributed by atoms with Gasteiger partial charge in [-0.1, -0.05) is 13.0 Å². The topological polar surface area (TPSA) is 57.3 Å². The number of amides is 1. The largest absolute Gasteiger partial charge is 0.317 e. The number of carbonyl (C=O) groups is 1. The molecule has 3 heterocycles. The number of aromatic nitrogens is 1. The number of hydrogen-bond donors (Lipinski definition) is 2. The van der Waals surface area contributed by atoms with E-state index in [1.54, 1.807) is 22.7 Å². The van der Waals surface area contributed by atoms with Gasteiger partial charge in [-0.3, -0.25) is 9.69 Å². The van der Waals surface area contributed by atoms with Crippen LogP contribution in [0, 0.1) is 6.92 Å². The number of benzene rings is 1. The van der Waals surface area contributed by atoms with Crippen LogP contribution in [0.4, 0.5) is 5.00 Å². The van der Waals surface area contributed by atoms with Crippen molar-refractivity contribution in [3.63, 3.8) is 0 Å². The van der Waals surface area contributed by atoms with Crippen molar-refractivity contribution in [2.24, 2.45) is 0 Å². The molecule has 1 aliphatic rings. The Hall–Kier alpha value is -1.80. The van der Waals surface area contributed by atoms with Crippen molar-refractivity contribution in [2.75, 3.05) is 18.4 Å². The number of fused-ring (bicyclic) bond motifs is 2. The third-order valence-corrected chi connectivity index (χ3v) is 8.47. The standard InChI is InChI=1S/C25H34N4OS2/c1-6-17(5)26-11-9-22(30)28-25-23(18-10-12-29(15(2)3)14-21(18)32-25)24-27-19-13-16(4)7-8-20(19)31-24/h7-8,13,15,17,26H,6,9-12,14H2,1-5H3,(H,28,30). The van der Waals surface area contributed by atoms with Crippen LogP contribution in [0.2, 0.25) is 0 Å². The van der Waals surface area contributed by atoms with E-state index in [1.807, 2.05) is 0 Å². The lowest BCUT2D eigenvalue weighted by Gasteiger charge is -2.30. The van der Waals surface area contributed by atoms with Gasteiger partial charge in [-0.05, 0) is 63.8 Å². The molecule has 3 aromatic rings. The van der Waals surface area contributed by atoms with Gasteiger partial charge >= 0.3 is 0 Å². The van der Waals surface area contributed by atoms with Crippen LogP contribution in [0.1, 0.15) is 56.5 Å². The van der Waals surface area contributed by atoms with Gasteiger partial charge in [0.25, 0.3) is 0 Å². The monoisotopic (exact) mass is 470 g/mol. The first-order valence-electron chi connectivity index (χ1n) is 11.6. The normalized spacial score (nSPS) is 15.3. The highest BCUT2D eigenvalue weighted by Gasteiger charge is 2.28. The van der Waals surface area contributed by atoms with Gasteiger partial charge in [0.1, 0.15) is 10.0 Å². The molecule has 32 heavy (non-hydrogen) atoms. The third-order valence-electron chi connectivity index (χ3n) is 6.28. The van der Waals surface area contributed by atoms with Crippen molar-refractivity contribution in [1.29, 1.82) is 0 Å². The molecule has 2 aromatic heterocycles. The van der Waals surface area contributed by atoms with E-state index in [-0.39, 0.29) is 5.91 Å². The average molecular weight is 471 g/mol. The quantitative estimate of drug-likeness (QED) is 0.436. The maximum Gasteiger partial charge on any atom is 0.226 e. The number of anilines is 1. The molecule has 2 N–H and O–H groups in total. The van der Waals surface area contributed by atoms with Crippen molar-refractivity contribution in [1.82, 2.24) is 15.2 Å². The minimum Gasteiger partial charge on any atom is -0.317 e. The number of aryl methyl sites for hydroxylation is 1. The van der Waals surface area contributed by atoms with Crippen LogP contribution in [0.3, 0.4) is 0 Å². The molecule has 0 saturated carbocycles. The summed E-state index contributed by atoms with van der Waals surface area (Å²) in [7, 11) is 0. The summed E-state index contributed by atoms with van der Waals surface area (Å²) in [6.45, 7) is 13.6. The van der Waals surface area contributed by atoms with Gasteiger partial charge in [-0.2, -0.15) is 0 Å². The summed E-state index contributed by atoms with van der Waals surface area (Å²) >= 11 is 3.46. The molecule has 1 atom stereocenters. The fourth-order valence-electron chi connectivity index (χ4n) is 4.09. The maximum atomic E-state index is 12.8. The first-order valence-corrected chi connectivity index (χ1v) is 13.3. The zero-order valence-corrected chi connectivity index (χ0v) is 21.4. The van der Waals surface area contributed by atoms with E-state index in [1.165, 1.54) is 20.7 Å². The van der Waals surface area contributed by atoms with Crippen molar-refractivity contribution in [3.8, 4) is 10.6 Å². The second kappa shape index (κ2) is 10.00. The highest BCUT2D eigenvalue weighted by Crippen LogP contribution is 2.46. The van der Waals surface area contributed by atoms with Crippen molar-refractivity contribution in [3.05, 3.63) is 34.2 Å². The van der Waals surface area contributed by atoms with Crippen molar-refractivity contribution >= 4 is 43.8 Å². The van der Waals surface area contributed by atoms with Crippen LogP contribution < -0.4 is 10.6 Å². The number of thiazole rings is 1. The van der Waals surface area contributed by atoms with E-state index in [4.69, 9.17) is 4.98 Å². The van der Waals surface area contributed by atoms with Gasteiger partial charge in [0.05, 0.1) is 10.2 Å². The molecule has 1 aliphatic heterocycles. The molecule has 7 heteroatoms. The zero-order valence-electron chi connectivity index (χ0n) is 19.7. The summed E-state index contributed by atoms with van der Waals surface area (Å²) in [4.78, 5) is 21.7. The predicted molar refractivity (Wildman–Crippen MR) is 138 cm³/mol. The van der Waals surface area contributed by atoms with Gasteiger partial charge < -0.3 is 10.6 Å². The van der Waals surface area contributed by atoms with E-state index in [2.05, 4.69) is 68.4 Å². The number of nitrogens with one attached hydrogen (secondary N) is 2. The minimum absolute atomic E-state index is 0.0679. The maximum absolute atomic E-state index is 12.8. The number of carbonyl (C=O) groups excluding carboxylic acids is 1. The summed E-state index contributed by atoms with van der Waals surface area (Å²) in [6, 6.07) is 7.39. The molecule has 0 fully saturated rings. The predicted octanol–water partition coefficient (Wildman–Crippen LogP) is 5.82. The Morgan fingerprint density at radius 3 is 2.81 bits per heavy atom. The molecule has 1 unspecified atom stereocenters. The number of thiophene rings is 1. The molecule has 0 radical (unpaired) electrons. The fourth-order valence-corrected chi connectivity index (χ4v) is 6.47. The Morgan fingerprint density at radius 1 is 1.25 bits per heavy atom. The van der Waals surface area contributed by atoms with E-state index < -0.39 is 0 Å². The third kappa shape index (κ3) is 5.06. The molecule has 4 rings (SSSR count). The molecule has 172 valence electrons. The summed E-state index contributed by atoms with van der Waals surface area (Å²) < 4.78 is 1.19. The molecule has 0 aliphatic carbocycles. The average Bonchev–Trinajstić information content (AvgIpc) is 3.32. The van der Waals surface area contributed by atoms with Gasteiger partial charge in [0, 0.05) is 48.6 Å². The Balaban J connectivity index is 1.65. The first-order chi connectivity index (χ1) is 15.4. The molecule has 0 spiro atoms. The molecule has 1 amide bonds. The first kappa shape index (κ1) is 23.4. The fraction of sp³-hybridized carbons (Fsp3) is 0.520. The summed E-state index contributed by atoms with van der Waals surface area (Å²) in [5.41, 5.74) is 4.78. The number of rotatable bonds is 8. The number of hydrogen-bond acceptors (Lipinski definition) is 6. The number of nitrogens with zero attached hydrogens (tertiary/aromatic N) is 2. The van der Waals surface area contributed by atoms with Crippen LogP contribution >= 0.6 is 22.7 Å². The van der Waals surface area contributed by atoms with Crippen LogP contribution in [-0.4, -0.2) is 41.0 Å². The highest BCUT2D eigenvalue weighted by atomic mass is 32.1. The highest BCUT2D eigenvalue weighted by molar-refractivity contribution is 7.22. The van der Waals surface area contributed by atoms with Crippen LogP contribution in [0.15, 0.2) is 18.2 Å². The van der Waals surface area contributed by atoms with Crippen LogP contribution in [0.25, 0.3) is 20.8 Å². The van der Waals surface area contributed by atoms with Crippen LogP contribution in [-0.2, 0) is 17.8 Å². The Bertz CT molecular complexity index is 1100. The lowest BCUT2D eigenvalue weighted by atomic mass is 10.0. The van der Waals surface area contributed by atoms with Crippen molar-refractivity contribution in [2.45, 2.75) is 72.5 Å². The molecule has 5 nitrogen and oxygen atoms in total. The molecule has 1 aromatic carbocycles. The minimum atomic E-state index is 0.0679. The summed E-state index contributed by atoms with van der Waals surface area (Å²) in [5.74, 6) is 0.0679. The molecule has 0 bridgehead atoms.